The molecule has 0 aromatic heterocycles. The lowest BCUT2D eigenvalue weighted by Gasteiger charge is -2.22. The molecule has 1 saturated heterocycles. The van der Waals surface area contributed by atoms with Gasteiger partial charge in [0, 0.05) is 6.42 Å². The van der Waals surface area contributed by atoms with E-state index in [-0.39, 0.29) is 4.90 Å². The monoisotopic (exact) mass is 392 g/mol. The predicted molar refractivity (Wildman–Crippen MR) is 100.0 cm³/mol. The third-order valence-corrected chi connectivity index (χ3v) is 5.59. The number of aryl methyl sites for hydroxylation is 1. The number of benzene rings is 2. The van der Waals surface area contributed by atoms with Gasteiger partial charge in [0.25, 0.3) is 10.1 Å². The van der Waals surface area contributed by atoms with E-state index in [0.29, 0.717) is 25.4 Å². The van der Waals surface area contributed by atoms with Gasteiger partial charge in [-0.15, -0.1) is 0 Å². The molecule has 0 radical (unpaired) electrons. The van der Waals surface area contributed by atoms with Gasteiger partial charge in [0.05, 0.1) is 18.1 Å². The second-order valence-corrected chi connectivity index (χ2v) is 8.27. The minimum atomic E-state index is -3.89. The van der Waals surface area contributed by atoms with Gasteiger partial charge in [-0.3, -0.25) is 0 Å². The summed E-state index contributed by atoms with van der Waals surface area (Å²) in [6.45, 7) is 6.54. The summed E-state index contributed by atoms with van der Waals surface area (Å²) in [6, 6.07) is 13.8. The summed E-state index contributed by atoms with van der Waals surface area (Å²) in [6.07, 6.45) is -0.331. The number of ether oxygens (including phenoxy) is 3. The molecule has 6 nitrogen and oxygen atoms in total. The van der Waals surface area contributed by atoms with Crippen LogP contribution in [0, 0.1) is 6.92 Å². The van der Waals surface area contributed by atoms with Crippen LogP contribution in [-0.4, -0.2) is 33.7 Å². The van der Waals surface area contributed by atoms with Gasteiger partial charge in [-0.1, -0.05) is 29.8 Å². The van der Waals surface area contributed by atoms with Crippen LogP contribution in [-0.2, 0) is 30.2 Å². The molecule has 0 N–H and O–H groups in total. The summed E-state index contributed by atoms with van der Waals surface area (Å²) in [4.78, 5) is 0.101. The lowest BCUT2D eigenvalue weighted by atomic mass is 10.1. The number of rotatable bonds is 7. The van der Waals surface area contributed by atoms with E-state index < -0.39 is 22.2 Å². The second kappa shape index (κ2) is 7.98. The van der Waals surface area contributed by atoms with Crippen LogP contribution in [0.25, 0.3) is 0 Å². The quantitative estimate of drug-likeness (QED) is 0.531. The number of hydrogen-bond acceptors (Lipinski definition) is 6. The first-order valence-electron chi connectivity index (χ1n) is 8.79. The molecule has 1 fully saturated rings. The molecule has 2 aromatic rings. The smallest absolute Gasteiger partial charge is 0.300 e. The van der Waals surface area contributed by atoms with Crippen LogP contribution in [0.3, 0.4) is 0 Å². The fraction of sp³-hybridized carbons (Fsp3) is 0.400. The fourth-order valence-corrected chi connectivity index (χ4v) is 3.84. The molecule has 146 valence electrons. The van der Waals surface area contributed by atoms with Gasteiger partial charge in [-0.2, -0.15) is 8.42 Å². The van der Waals surface area contributed by atoms with Crippen molar-refractivity contribution in [2.75, 3.05) is 13.2 Å². The second-order valence-electron chi connectivity index (χ2n) is 6.70. The standard InChI is InChI=1S/C20H24O6S/c1-15-4-10-19(11-5-15)27(21,22)26-16(2)25-18-8-6-17(7-9-18)14-20(3)23-12-13-24-20/h4-11,16H,12-14H2,1-3H3. The van der Waals surface area contributed by atoms with Crippen molar-refractivity contribution < 1.29 is 26.8 Å². The van der Waals surface area contributed by atoms with Gasteiger partial charge in [-0.25, -0.2) is 4.18 Å². The first-order chi connectivity index (χ1) is 12.8. The first kappa shape index (κ1) is 19.8. The predicted octanol–water partition coefficient (Wildman–Crippen LogP) is 3.43. The van der Waals surface area contributed by atoms with Crippen molar-refractivity contribution in [1.29, 1.82) is 0 Å². The van der Waals surface area contributed by atoms with Gasteiger partial charge >= 0.3 is 0 Å². The maximum absolute atomic E-state index is 12.3. The van der Waals surface area contributed by atoms with Gasteiger partial charge in [-0.05, 0) is 50.6 Å². The van der Waals surface area contributed by atoms with Crippen molar-refractivity contribution in [3.05, 3.63) is 59.7 Å². The van der Waals surface area contributed by atoms with E-state index in [1.54, 1.807) is 31.2 Å². The summed E-state index contributed by atoms with van der Waals surface area (Å²) in [5, 5.41) is 0. The zero-order chi connectivity index (χ0) is 19.5. The average molecular weight is 392 g/mol. The zero-order valence-corrected chi connectivity index (χ0v) is 16.5. The fourth-order valence-electron chi connectivity index (χ4n) is 2.87. The Morgan fingerprint density at radius 1 is 1.04 bits per heavy atom. The Morgan fingerprint density at radius 2 is 1.63 bits per heavy atom. The van der Waals surface area contributed by atoms with Crippen LogP contribution in [0.4, 0.5) is 0 Å². The Morgan fingerprint density at radius 3 is 2.22 bits per heavy atom. The van der Waals surface area contributed by atoms with E-state index >= 15 is 0 Å². The van der Waals surface area contributed by atoms with Crippen molar-refractivity contribution in [1.82, 2.24) is 0 Å². The van der Waals surface area contributed by atoms with Crippen LogP contribution in [0.15, 0.2) is 53.4 Å². The molecular weight excluding hydrogens is 368 g/mol. The topological polar surface area (TPSA) is 71.1 Å². The lowest BCUT2D eigenvalue weighted by molar-refractivity contribution is -0.140. The highest BCUT2D eigenvalue weighted by Gasteiger charge is 2.31. The van der Waals surface area contributed by atoms with Gasteiger partial charge in [0.15, 0.2) is 5.79 Å². The van der Waals surface area contributed by atoms with Crippen molar-refractivity contribution in [3.8, 4) is 5.75 Å². The molecule has 0 bridgehead atoms. The van der Waals surface area contributed by atoms with E-state index in [1.165, 1.54) is 12.1 Å². The molecule has 0 amide bonds. The van der Waals surface area contributed by atoms with E-state index in [2.05, 4.69) is 0 Å². The van der Waals surface area contributed by atoms with Crippen molar-refractivity contribution in [2.45, 2.75) is 44.2 Å². The Bertz CT molecular complexity index is 852. The Labute approximate surface area is 160 Å². The molecule has 1 atom stereocenters. The molecule has 0 saturated carbocycles. The maximum Gasteiger partial charge on any atom is 0.300 e. The van der Waals surface area contributed by atoms with Gasteiger partial charge in [0.1, 0.15) is 5.75 Å². The summed E-state index contributed by atoms with van der Waals surface area (Å²) in [5.41, 5.74) is 2.01. The number of hydrogen-bond donors (Lipinski definition) is 0. The summed E-state index contributed by atoms with van der Waals surface area (Å²) in [7, 11) is -3.89. The van der Waals surface area contributed by atoms with E-state index in [0.717, 1.165) is 11.1 Å². The SMILES string of the molecule is Cc1ccc(S(=O)(=O)OC(C)Oc2ccc(CC3(C)OCCO3)cc2)cc1. The Hall–Kier alpha value is -1.93. The molecule has 1 aliphatic rings. The van der Waals surface area contributed by atoms with E-state index in [1.807, 2.05) is 26.0 Å². The highest BCUT2D eigenvalue weighted by Crippen LogP contribution is 2.25. The molecule has 0 spiro atoms. The molecular formula is C20H24O6S. The molecule has 7 heteroatoms. The van der Waals surface area contributed by atoms with Crippen molar-refractivity contribution in [3.63, 3.8) is 0 Å². The summed E-state index contributed by atoms with van der Waals surface area (Å²) >= 11 is 0. The highest BCUT2D eigenvalue weighted by atomic mass is 32.2. The zero-order valence-electron chi connectivity index (χ0n) is 15.7. The van der Waals surface area contributed by atoms with E-state index in [9.17, 15) is 8.42 Å². The largest absolute Gasteiger partial charge is 0.464 e. The van der Waals surface area contributed by atoms with Crippen LogP contribution in [0.1, 0.15) is 25.0 Å². The maximum atomic E-state index is 12.3. The van der Waals surface area contributed by atoms with E-state index in [4.69, 9.17) is 18.4 Å². The Balaban J connectivity index is 1.59. The highest BCUT2D eigenvalue weighted by molar-refractivity contribution is 7.86. The summed E-state index contributed by atoms with van der Waals surface area (Å²) in [5.74, 6) is -0.0790. The van der Waals surface area contributed by atoms with Gasteiger partial charge < -0.3 is 14.2 Å². The average Bonchev–Trinajstić information content (AvgIpc) is 3.03. The lowest BCUT2D eigenvalue weighted by Crippen LogP contribution is -2.28. The first-order valence-corrected chi connectivity index (χ1v) is 10.2. The normalized spacial score (nSPS) is 17.6. The van der Waals surface area contributed by atoms with Crippen molar-refractivity contribution in [2.24, 2.45) is 0 Å². The van der Waals surface area contributed by atoms with Crippen LogP contribution < -0.4 is 4.74 Å². The molecule has 1 heterocycles. The Kier molecular flexibility index (Phi) is 5.86. The third-order valence-electron chi connectivity index (χ3n) is 4.22. The molecule has 3 rings (SSSR count). The van der Waals surface area contributed by atoms with Gasteiger partial charge in [0.2, 0.25) is 6.29 Å². The molecule has 2 aromatic carbocycles. The van der Waals surface area contributed by atoms with Crippen molar-refractivity contribution >= 4 is 10.1 Å². The third kappa shape index (κ3) is 5.29. The molecule has 27 heavy (non-hydrogen) atoms. The van der Waals surface area contributed by atoms with Crippen LogP contribution in [0.2, 0.25) is 0 Å². The molecule has 1 aliphatic heterocycles. The minimum absolute atomic E-state index is 0.101. The molecule has 1 unspecified atom stereocenters. The summed E-state index contributed by atoms with van der Waals surface area (Å²) < 4.78 is 46.5. The molecule has 0 aliphatic carbocycles. The minimum Gasteiger partial charge on any atom is -0.464 e. The van der Waals surface area contributed by atoms with Crippen LogP contribution >= 0.6 is 0 Å². The van der Waals surface area contributed by atoms with Crippen LogP contribution in [0.5, 0.6) is 5.75 Å².